The summed E-state index contributed by atoms with van der Waals surface area (Å²) in [6.45, 7) is 0.894. The average Bonchev–Trinajstić information content (AvgIpc) is 2.89. The van der Waals surface area contributed by atoms with Gasteiger partial charge in [0, 0.05) is 24.2 Å². The molecule has 0 aliphatic rings. The number of rotatable bonds is 4. The van der Waals surface area contributed by atoms with E-state index >= 15 is 0 Å². The zero-order chi connectivity index (χ0) is 12.1. The molecule has 1 aromatic carbocycles. The minimum absolute atomic E-state index is 0.110. The number of furan rings is 1. The van der Waals surface area contributed by atoms with E-state index in [-0.39, 0.29) is 5.91 Å². The van der Waals surface area contributed by atoms with Crippen LogP contribution in [0.25, 0.3) is 0 Å². The largest absolute Gasteiger partial charge is 0.472 e. The molecule has 0 saturated carbocycles. The summed E-state index contributed by atoms with van der Waals surface area (Å²) in [5.74, 6) is -0.110. The monoisotopic (exact) mass is 230 g/mol. The molecule has 4 heteroatoms. The lowest BCUT2D eigenvalue weighted by molar-refractivity contribution is 0.0951. The number of hydrogen-bond donors (Lipinski definition) is 2. The van der Waals surface area contributed by atoms with E-state index < -0.39 is 0 Å². The smallest absolute Gasteiger partial charge is 0.251 e. The van der Waals surface area contributed by atoms with Crippen molar-refractivity contribution in [2.45, 2.75) is 13.1 Å². The lowest BCUT2D eigenvalue weighted by atomic mass is 10.1. The Morgan fingerprint density at radius 2 is 2.18 bits per heavy atom. The molecule has 0 unspecified atom stereocenters. The Morgan fingerprint density at radius 3 is 2.88 bits per heavy atom. The fraction of sp³-hybridized carbons (Fsp3) is 0.154. The maximum absolute atomic E-state index is 11.8. The number of carbonyl (C=O) groups is 1. The molecular formula is C13H14N2O2. The SMILES string of the molecule is NCc1cccc(C(=O)NCc2ccoc2)c1. The number of carbonyl (C=O) groups excluding carboxylic acids is 1. The lowest BCUT2D eigenvalue weighted by Gasteiger charge is -2.05. The van der Waals surface area contributed by atoms with Crippen LogP contribution in [-0.4, -0.2) is 5.91 Å². The van der Waals surface area contributed by atoms with E-state index in [0.29, 0.717) is 18.7 Å². The standard InChI is InChI=1S/C13H14N2O2/c14-7-10-2-1-3-12(6-10)13(16)15-8-11-4-5-17-9-11/h1-6,9H,7-8,14H2,(H,15,16). The van der Waals surface area contributed by atoms with E-state index in [4.69, 9.17) is 10.2 Å². The second kappa shape index (κ2) is 5.32. The van der Waals surface area contributed by atoms with Crippen LogP contribution in [0.5, 0.6) is 0 Å². The minimum Gasteiger partial charge on any atom is -0.472 e. The number of hydrogen-bond acceptors (Lipinski definition) is 3. The highest BCUT2D eigenvalue weighted by Crippen LogP contribution is 2.05. The van der Waals surface area contributed by atoms with Crippen molar-refractivity contribution in [2.75, 3.05) is 0 Å². The Hall–Kier alpha value is -2.07. The van der Waals surface area contributed by atoms with Gasteiger partial charge in [-0.3, -0.25) is 4.79 Å². The second-order valence-electron chi connectivity index (χ2n) is 3.72. The van der Waals surface area contributed by atoms with Gasteiger partial charge in [0.25, 0.3) is 5.91 Å². The summed E-state index contributed by atoms with van der Waals surface area (Å²) in [6.07, 6.45) is 3.19. The molecule has 2 aromatic rings. The minimum atomic E-state index is -0.110. The van der Waals surface area contributed by atoms with Gasteiger partial charge in [-0.25, -0.2) is 0 Å². The van der Waals surface area contributed by atoms with Gasteiger partial charge in [0.2, 0.25) is 0 Å². The molecule has 0 fully saturated rings. The number of nitrogens with one attached hydrogen (secondary N) is 1. The summed E-state index contributed by atoms with van der Waals surface area (Å²) < 4.78 is 4.92. The Bertz CT molecular complexity index is 492. The normalized spacial score (nSPS) is 10.2. The fourth-order valence-corrected chi connectivity index (χ4v) is 1.52. The van der Waals surface area contributed by atoms with Crippen molar-refractivity contribution in [3.8, 4) is 0 Å². The van der Waals surface area contributed by atoms with Crippen LogP contribution in [0.15, 0.2) is 47.3 Å². The maximum Gasteiger partial charge on any atom is 0.251 e. The predicted molar refractivity (Wildman–Crippen MR) is 64.2 cm³/mol. The van der Waals surface area contributed by atoms with E-state index in [1.165, 1.54) is 0 Å². The quantitative estimate of drug-likeness (QED) is 0.839. The molecule has 1 heterocycles. The number of benzene rings is 1. The van der Waals surface area contributed by atoms with Gasteiger partial charge in [-0.1, -0.05) is 12.1 Å². The van der Waals surface area contributed by atoms with Gasteiger partial charge in [-0.05, 0) is 23.8 Å². The summed E-state index contributed by atoms with van der Waals surface area (Å²) in [5, 5.41) is 2.81. The van der Waals surface area contributed by atoms with E-state index in [0.717, 1.165) is 11.1 Å². The molecular weight excluding hydrogens is 216 g/mol. The highest BCUT2D eigenvalue weighted by Gasteiger charge is 2.05. The van der Waals surface area contributed by atoms with Crippen molar-refractivity contribution < 1.29 is 9.21 Å². The van der Waals surface area contributed by atoms with Gasteiger partial charge in [0.1, 0.15) is 0 Å². The first-order valence-corrected chi connectivity index (χ1v) is 5.38. The van der Waals surface area contributed by atoms with Gasteiger partial charge >= 0.3 is 0 Å². The molecule has 1 amide bonds. The first-order valence-electron chi connectivity index (χ1n) is 5.38. The first kappa shape index (κ1) is 11.4. The summed E-state index contributed by atoms with van der Waals surface area (Å²) >= 11 is 0. The maximum atomic E-state index is 11.8. The topological polar surface area (TPSA) is 68.3 Å². The predicted octanol–water partition coefficient (Wildman–Crippen LogP) is 1.67. The van der Waals surface area contributed by atoms with Crippen molar-refractivity contribution in [3.05, 3.63) is 59.5 Å². The molecule has 3 N–H and O–H groups in total. The van der Waals surface area contributed by atoms with Crippen LogP contribution in [0, 0.1) is 0 Å². The number of amides is 1. The van der Waals surface area contributed by atoms with E-state index in [2.05, 4.69) is 5.32 Å². The van der Waals surface area contributed by atoms with E-state index in [9.17, 15) is 4.79 Å². The third-order valence-electron chi connectivity index (χ3n) is 2.46. The second-order valence-corrected chi connectivity index (χ2v) is 3.72. The van der Waals surface area contributed by atoms with Gasteiger partial charge in [-0.15, -0.1) is 0 Å². The highest BCUT2D eigenvalue weighted by molar-refractivity contribution is 5.94. The van der Waals surface area contributed by atoms with Crippen molar-refractivity contribution in [1.29, 1.82) is 0 Å². The molecule has 1 aromatic heterocycles. The molecule has 0 aliphatic heterocycles. The van der Waals surface area contributed by atoms with Crippen molar-refractivity contribution in [3.63, 3.8) is 0 Å². The Labute approximate surface area is 99.4 Å². The van der Waals surface area contributed by atoms with Gasteiger partial charge < -0.3 is 15.5 Å². The van der Waals surface area contributed by atoms with E-state index in [1.54, 1.807) is 24.7 Å². The third kappa shape index (κ3) is 2.95. The van der Waals surface area contributed by atoms with Crippen molar-refractivity contribution in [1.82, 2.24) is 5.32 Å². The molecule has 88 valence electrons. The molecule has 2 rings (SSSR count). The summed E-state index contributed by atoms with van der Waals surface area (Å²) in [4.78, 5) is 11.8. The zero-order valence-electron chi connectivity index (χ0n) is 9.35. The molecule has 0 saturated heterocycles. The molecule has 0 radical (unpaired) electrons. The Morgan fingerprint density at radius 1 is 1.29 bits per heavy atom. The molecule has 0 atom stereocenters. The van der Waals surface area contributed by atoms with Crippen LogP contribution in [0.1, 0.15) is 21.5 Å². The summed E-state index contributed by atoms with van der Waals surface area (Å²) in [6, 6.07) is 9.10. The molecule has 0 aliphatic carbocycles. The van der Waals surface area contributed by atoms with Crippen molar-refractivity contribution >= 4 is 5.91 Å². The van der Waals surface area contributed by atoms with Crippen LogP contribution in [0.3, 0.4) is 0 Å². The van der Waals surface area contributed by atoms with Crippen LogP contribution in [-0.2, 0) is 13.1 Å². The Balaban J connectivity index is 1.99. The molecule has 4 nitrogen and oxygen atoms in total. The summed E-state index contributed by atoms with van der Waals surface area (Å²) in [5.41, 5.74) is 8.03. The van der Waals surface area contributed by atoms with Gasteiger partial charge in [0.05, 0.1) is 12.5 Å². The molecule has 0 bridgehead atoms. The van der Waals surface area contributed by atoms with Crippen LogP contribution < -0.4 is 11.1 Å². The molecule has 0 spiro atoms. The van der Waals surface area contributed by atoms with Gasteiger partial charge in [-0.2, -0.15) is 0 Å². The van der Waals surface area contributed by atoms with E-state index in [1.807, 2.05) is 18.2 Å². The van der Waals surface area contributed by atoms with Crippen LogP contribution in [0.2, 0.25) is 0 Å². The summed E-state index contributed by atoms with van der Waals surface area (Å²) in [7, 11) is 0. The zero-order valence-corrected chi connectivity index (χ0v) is 9.35. The lowest BCUT2D eigenvalue weighted by Crippen LogP contribution is -2.22. The van der Waals surface area contributed by atoms with Crippen LogP contribution in [0.4, 0.5) is 0 Å². The molecule has 17 heavy (non-hydrogen) atoms. The van der Waals surface area contributed by atoms with Crippen molar-refractivity contribution in [2.24, 2.45) is 5.73 Å². The Kier molecular flexibility index (Phi) is 3.57. The number of nitrogens with two attached hydrogens (primary N) is 1. The first-order chi connectivity index (χ1) is 8.29. The average molecular weight is 230 g/mol. The van der Waals surface area contributed by atoms with Gasteiger partial charge in [0.15, 0.2) is 0 Å². The third-order valence-corrected chi connectivity index (χ3v) is 2.46. The highest BCUT2D eigenvalue weighted by atomic mass is 16.3. The fourth-order valence-electron chi connectivity index (χ4n) is 1.52. The van der Waals surface area contributed by atoms with Crippen LogP contribution >= 0.6 is 0 Å².